The van der Waals surface area contributed by atoms with Crippen molar-refractivity contribution in [3.8, 4) is 11.3 Å². The quantitative estimate of drug-likeness (QED) is 0.174. The van der Waals surface area contributed by atoms with Gasteiger partial charge in [0, 0.05) is 49.3 Å². The molecule has 2 aromatic carbocycles. The molecule has 4 N–H and O–H groups in total. The first kappa shape index (κ1) is 26.5. The summed E-state index contributed by atoms with van der Waals surface area (Å²) in [5, 5.41) is 14.3. The van der Waals surface area contributed by atoms with Crippen LogP contribution in [-0.4, -0.2) is 71.8 Å². The Labute approximate surface area is 227 Å². The van der Waals surface area contributed by atoms with Gasteiger partial charge in [-0.05, 0) is 61.4 Å². The number of halogens is 1. The van der Waals surface area contributed by atoms with Crippen LogP contribution in [0.1, 0.15) is 12.8 Å². The minimum Gasteiger partial charge on any atom is -0.393 e. The number of rotatable bonds is 8. The molecule has 3 heterocycles. The SMILES string of the molecule is C=C(/N=C\N(N)c1ccc(Nc2nccc(-c3cc(F)cc(N4CCOCC4)c3)n2)cc1)N1CCC(O)CC1. The number of hydrazine groups is 1. The van der Waals surface area contributed by atoms with E-state index in [2.05, 4.69) is 31.8 Å². The molecule has 0 spiro atoms. The van der Waals surface area contributed by atoms with E-state index >= 15 is 0 Å². The number of hydrogen-bond acceptors (Lipinski definition) is 9. The molecule has 11 heteroatoms. The van der Waals surface area contributed by atoms with Crippen LogP contribution in [0.15, 0.2) is 72.1 Å². The molecule has 0 bridgehead atoms. The second-order valence-electron chi connectivity index (χ2n) is 9.52. The van der Waals surface area contributed by atoms with E-state index in [4.69, 9.17) is 10.6 Å². The maximum Gasteiger partial charge on any atom is 0.227 e. The van der Waals surface area contributed by atoms with Crippen molar-refractivity contribution in [3.63, 3.8) is 0 Å². The van der Waals surface area contributed by atoms with Crippen molar-refractivity contribution in [3.05, 3.63) is 72.9 Å². The van der Waals surface area contributed by atoms with E-state index in [9.17, 15) is 9.50 Å². The fraction of sp³-hybridized carbons (Fsp3) is 0.321. The molecule has 0 radical (unpaired) electrons. The second kappa shape index (κ2) is 12.2. The Balaban J connectivity index is 1.23. The summed E-state index contributed by atoms with van der Waals surface area (Å²) in [6.07, 6.45) is 4.33. The number of benzene rings is 2. The minimum atomic E-state index is -0.314. The van der Waals surface area contributed by atoms with Gasteiger partial charge in [-0.3, -0.25) is 5.01 Å². The number of likely N-dealkylation sites (tertiary alicyclic amines) is 1. The zero-order chi connectivity index (χ0) is 27.2. The van der Waals surface area contributed by atoms with Crippen LogP contribution in [0, 0.1) is 5.82 Å². The van der Waals surface area contributed by atoms with Gasteiger partial charge in [0.15, 0.2) is 0 Å². The zero-order valence-corrected chi connectivity index (χ0v) is 21.7. The van der Waals surface area contributed by atoms with E-state index in [0.717, 1.165) is 43.2 Å². The summed E-state index contributed by atoms with van der Waals surface area (Å²) in [5.41, 5.74) is 3.61. The van der Waals surface area contributed by atoms with Crippen molar-refractivity contribution in [1.29, 1.82) is 0 Å². The Morgan fingerprint density at radius 3 is 2.62 bits per heavy atom. The third kappa shape index (κ3) is 6.88. The normalized spacial score (nSPS) is 16.5. The number of aromatic nitrogens is 2. The Bertz CT molecular complexity index is 1310. The van der Waals surface area contributed by atoms with Crippen LogP contribution in [0.2, 0.25) is 0 Å². The molecule has 2 aliphatic rings. The van der Waals surface area contributed by atoms with E-state index in [1.54, 1.807) is 12.3 Å². The highest BCUT2D eigenvalue weighted by atomic mass is 19.1. The fourth-order valence-corrected chi connectivity index (χ4v) is 4.55. The van der Waals surface area contributed by atoms with Crippen LogP contribution in [0.5, 0.6) is 0 Å². The van der Waals surface area contributed by atoms with Crippen molar-refractivity contribution < 1.29 is 14.2 Å². The van der Waals surface area contributed by atoms with Crippen LogP contribution in [0.4, 0.5) is 27.4 Å². The van der Waals surface area contributed by atoms with E-state index in [-0.39, 0.29) is 11.9 Å². The van der Waals surface area contributed by atoms with Gasteiger partial charge in [-0.25, -0.2) is 25.2 Å². The number of aliphatic imine (C=N–C) groups is 1. The van der Waals surface area contributed by atoms with Crippen LogP contribution in [0.25, 0.3) is 11.3 Å². The molecule has 2 aliphatic heterocycles. The predicted octanol–water partition coefficient (Wildman–Crippen LogP) is 3.50. The molecule has 0 unspecified atom stereocenters. The number of piperidine rings is 1. The standard InChI is InChI=1S/C28H33FN8O2/c1-20(35-10-7-26(38)8-11-35)32-19-37(30)24-4-2-23(3-5-24)33-28-31-9-6-27(34-28)21-16-22(29)18-25(17-21)36-12-14-39-15-13-36/h2-6,9,16-19,26,38H,1,7-8,10-15,30H2,(H,31,33,34)/b32-19-. The molecule has 2 saturated heterocycles. The smallest absolute Gasteiger partial charge is 0.227 e. The number of nitrogens with zero attached hydrogens (tertiary/aromatic N) is 6. The maximum atomic E-state index is 14.5. The number of ether oxygens (including phenoxy) is 1. The Morgan fingerprint density at radius 2 is 1.87 bits per heavy atom. The molecule has 39 heavy (non-hydrogen) atoms. The van der Waals surface area contributed by atoms with Gasteiger partial charge in [0.1, 0.15) is 18.0 Å². The Morgan fingerprint density at radius 1 is 1.13 bits per heavy atom. The molecule has 0 aliphatic carbocycles. The van der Waals surface area contributed by atoms with Crippen molar-refractivity contribution in [1.82, 2.24) is 14.9 Å². The fourth-order valence-electron chi connectivity index (χ4n) is 4.55. The largest absolute Gasteiger partial charge is 0.393 e. The van der Waals surface area contributed by atoms with Gasteiger partial charge in [-0.1, -0.05) is 6.58 Å². The number of aliphatic hydroxyl groups is 1. The van der Waals surface area contributed by atoms with Crippen molar-refractivity contribution >= 4 is 29.3 Å². The Kier molecular flexibility index (Phi) is 8.30. The number of nitrogens with one attached hydrogen (secondary N) is 1. The van der Waals surface area contributed by atoms with E-state index in [1.807, 2.05) is 35.2 Å². The molecular weight excluding hydrogens is 499 g/mol. The summed E-state index contributed by atoms with van der Waals surface area (Å²) in [4.78, 5) is 17.4. The van der Waals surface area contributed by atoms with E-state index in [1.165, 1.54) is 23.5 Å². The highest BCUT2D eigenvalue weighted by molar-refractivity contribution is 5.79. The summed E-state index contributed by atoms with van der Waals surface area (Å²) < 4.78 is 19.9. The van der Waals surface area contributed by atoms with Gasteiger partial charge in [-0.15, -0.1) is 0 Å². The van der Waals surface area contributed by atoms with Crippen LogP contribution >= 0.6 is 0 Å². The highest BCUT2D eigenvalue weighted by Gasteiger charge is 2.18. The van der Waals surface area contributed by atoms with Crippen molar-refractivity contribution in [2.24, 2.45) is 10.8 Å². The number of hydrogen-bond donors (Lipinski definition) is 3. The summed E-state index contributed by atoms with van der Waals surface area (Å²) in [6.45, 7) is 8.14. The minimum absolute atomic E-state index is 0.251. The van der Waals surface area contributed by atoms with Gasteiger partial charge in [-0.2, -0.15) is 0 Å². The molecule has 1 aromatic heterocycles. The third-order valence-electron chi connectivity index (χ3n) is 6.79. The second-order valence-corrected chi connectivity index (χ2v) is 9.52. The Hall–Kier alpha value is -4.06. The summed E-state index contributed by atoms with van der Waals surface area (Å²) in [5.74, 6) is 6.85. The molecular formula is C28H33FN8O2. The lowest BCUT2D eigenvalue weighted by Gasteiger charge is -2.30. The summed E-state index contributed by atoms with van der Waals surface area (Å²) in [7, 11) is 0. The first-order chi connectivity index (χ1) is 18.9. The zero-order valence-electron chi connectivity index (χ0n) is 21.7. The van der Waals surface area contributed by atoms with Gasteiger partial charge < -0.3 is 25.0 Å². The highest BCUT2D eigenvalue weighted by Crippen LogP contribution is 2.27. The van der Waals surface area contributed by atoms with Gasteiger partial charge in [0.25, 0.3) is 0 Å². The topological polar surface area (TPSA) is 115 Å². The molecule has 0 atom stereocenters. The molecule has 0 amide bonds. The van der Waals surface area contributed by atoms with Gasteiger partial charge in [0.05, 0.1) is 30.7 Å². The summed E-state index contributed by atoms with van der Waals surface area (Å²) >= 11 is 0. The third-order valence-corrected chi connectivity index (χ3v) is 6.79. The van der Waals surface area contributed by atoms with E-state index in [0.29, 0.717) is 49.1 Å². The monoisotopic (exact) mass is 532 g/mol. The first-order valence-corrected chi connectivity index (χ1v) is 13.0. The molecule has 204 valence electrons. The average molecular weight is 533 g/mol. The maximum absolute atomic E-state index is 14.5. The van der Waals surface area contributed by atoms with Crippen LogP contribution in [-0.2, 0) is 4.74 Å². The summed E-state index contributed by atoms with van der Waals surface area (Å²) in [6, 6.07) is 14.1. The van der Waals surface area contributed by atoms with Crippen LogP contribution < -0.4 is 21.1 Å². The van der Waals surface area contributed by atoms with Gasteiger partial charge in [0.2, 0.25) is 5.95 Å². The molecule has 0 saturated carbocycles. The number of aliphatic hydroxyl groups excluding tert-OH is 1. The lowest BCUT2D eigenvalue weighted by Crippen LogP contribution is -2.36. The average Bonchev–Trinajstić information content (AvgIpc) is 2.97. The molecule has 3 aromatic rings. The van der Waals surface area contributed by atoms with Crippen LogP contribution in [0.3, 0.4) is 0 Å². The predicted molar refractivity (Wildman–Crippen MR) is 151 cm³/mol. The van der Waals surface area contributed by atoms with Crippen molar-refractivity contribution in [2.45, 2.75) is 18.9 Å². The first-order valence-electron chi connectivity index (χ1n) is 13.0. The molecule has 5 rings (SSSR count). The number of anilines is 4. The molecule has 2 fully saturated rings. The van der Waals surface area contributed by atoms with Gasteiger partial charge >= 0.3 is 0 Å². The number of nitrogens with two attached hydrogens (primary N) is 1. The lowest BCUT2D eigenvalue weighted by atomic mass is 10.1. The van der Waals surface area contributed by atoms with Crippen molar-refractivity contribution in [2.75, 3.05) is 54.6 Å². The number of morpholine rings is 1. The molecule has 10 nitrogen and oxygen atoms in total. The van der Waals surface area contributed by atoms with E-state index < -0.39 is 0 Å². The lowest BCUT2D eigenvalue weighted by molar-refractivity contribution is 0.0969.